The minimum absolute atomic E-state index is 0.464. The van der Waals surface area contributed by atoms with Gasteiger partial charge in [-0.1, -0.05) is 35.3 Å². The molecule has 0 heterocycles. The van der Waals surface area contributed by atoms with Gasteiger partial charge in [-0.25, -0.2) is 8.42 Å². The van der Waals surface area contributed by atoms with Gasteiger partial charge in [-0.2, -0.15) is 8.80 Å². The molecule has 0 aliphatic heterocycles. The zero-order valence-electron chi connectivity index (χ0n) is 17.9. The third kappa shape index (κ3) is 6.84. The molecule has 0 amide bonds. The average molecular weight is 486 g/mol. The third-order valence-electron chi connectivity index (χ3n) is 3.94. The van der Waals surface area contributed by atoms with Crippen LogP contribution in [0.4, 0.5) is 0 Å². The van der Waals surface area contributed by atoms with Crippen molar-refractivity contribution < 1.29 is 8.42 Å². The lowest BCUT2D eigenvalue weighted by Crippen LogP contribution is -2.19. The predicted octanol–water partition coefficient (Wildman–Crippen LogP) is 6.42. The molecule has 8 heteroatoms. The molecule has 0 N–H and O–H groups in total. The Hall–Kier alpha value is -1.34. The second kappa shape index (κ2) is 9.86. The van der Waals surface area contributed by atoms with Gasteiger partial charge < -0.3 is 0 Å². The second-order valence-corrected chi connectivity index (χ2v) is 13.4. The van der Waals surface area contributed by atoms with Crippen LogP contribution in [0.5, 0.6) is 0 Å². The molecule has 0 radical (unpaired) electrons. The Bertz CT molecular complexity index is 953. The molecule has 0 saturated carbocycles. The summed E-state index contributed by atoms with van der Waals surface area (Å²) in [4.78, 5) is 0. The number of nitrogens with zero attached hydrogens (tertiary/aromatic N) is 2. The molecule has 4 nitrogen and oxygen atoms in total. The van der Waals surface area contributed by atoms with Crippen LogP contribution in [-0.4, -0.2) is 30.3 Å². The van der Waals surface area contributed by atoms with Crippen LogP contribution in [-0.2, 0) is 22.0 Å². The van der Waals surface area contributed by atoms with E-state index in [-0.39, 0.29) is 0 Å². The van der Waals surface area contributed by atoms with Crippen molar-refractivity contribution in [1.29, 1.82) is 0 Å². The van der Waals surface area contributed by atoms with E-state index in [0.29, 0.717) is 10.0 Å². The molecule has 0 bridgehead atoms. The SMILES string of the molecule is CC(C)(C)S(=O)N=Cc1ccc(Cl)cc1-c1cc(Cl)ccc1C=NS(=O)C(C)(C)C. The Balaban J connectivity index is 2.59. The summed E-state index contributed by atoms with van der Waals surface area (Å²) in [7, 11) is -2.79. The van der Waals surface area contributed by atoms with Crippen LogP contribution in [0.2, 0.25) is 10.0 Å². The lowest BCUT2D eigenvalue weighted by atomic mass is 9.96. The van der Waals surface area contributed by atoms with Gasteiger partial charge in [-0.05, 0) is 76.9 Å². The van der Waals surface area contributed by atoms with E-state index in [2.05, 4.69) is 8.80 Å². The van der Waals surface area contributed by atoms with Crippen LogP contribution < -0.4 is 0 Å². The number of hydrogen-bond acceptors (Lipinski definition) is 2. The fourth-order valence-corrected chi connectivity index (χ4v) is 3.67. The van der Waals surface area contributed by atoms with Gasteiger partial charge in [0.1, 0.15) is 22.0 Å². The fourth-order valence-electron chi connectivity index (χ4n) is 2.27. The zero-order valence-corrected chi connectivity index (χ0v) is 21.0. The van der Waals surface area contributed by atoms with Gasteiger partial charge in [-0.3, -0.25) is 0 Å². The normalized spacial score (nSPS) is 15.1. The summed E-state index contributed by atoms with van der Waals surface area (Å²) in [5.74, 6) is 0. The van der Waals surface area contributed by atoms with E-state index in [1.165, 1.54) is 0 Å². The molecule has 2 unspecified atom stereocenters. The number of benzene rings is 2. The predicted molar refractivity (Wildman–Crippen MR) is 133 cm³/mol. The van der Waals surface area contributed by atoms with Crippen molar-refractivity contribution in [3.8, 4) is 11.1 Å². The first-order chi connectivity index (χ1) is 13.8. The van der Waals surface area contributed by atoms with E-state index in [0.717, 1.165) is 22.3 Å². The molecule has 30 heavy (non-hydrogen) atoms. The van der Waals surface area contributed by atoms with E-state index in [1.807, 2.05) is 53.7 Å². The number of hydrogen-bond donors (Lipinski definition) is 0. The summed E-state index contributed by atoms with van der Waals surface area (Å²) in [5, 5.41) is 1.08. The molecule has 0 aromatic heterocycles. The summed E-state index contributed by atoms with van der Waals surface area (Å²) in [5.41, 5.74) is 3.02. The minimum atomic E-state index is -1.39. The van der Waals surface area contributed by atoms with Crippen LogP contribution >= 0.6 is 23.2 Å². The highest BCUT2D eigenvalue weighted by Gasteiger charge is 2.20. The standard InChI is InChI=1S/C22H26Cl2N2O2S2/c1-21(2,3)29(27)25-13-15-7-9-17(23)11-19(15)20-12-18(24)10-8-16(20)14-26-30(28)22(4,5)6/h7-14H,1-6H3. The topological polar surface area (TPSA) is 58.9 Å². The summed E-state index contributed by atoms with van der Waals surface area (Å²) in [6.45, 7) is 11.2. The Morgan fingerprint density at radius 3 is 1.33 bits per heavy atom. The molecule has 0 aliphatic carbocycles. The van der Waals surface area contributed by atoms with Gasteiger partial charge in [0.25, 0.3) is 0 Å². The van der Waals surface area contributed by atoms with E-state index in [4.69, 9.17) is 23.2 Å². The van der Waals surface area contributed by atoms with E-state index < -0.39 is 31.5 Å². The summed E-state index contributed by atoms with van der Waals surface area (Å²) >= 11 is 12.5. The first-order valence-electron chi connectivity index (χ1n) is 9.30. The van der Waals surface area contributed by atoms with Gasteiger partial charge in [0.15, 0.2) is 0 Å². The summed E-state index contributed by atoms with van der Waals surface area (Å²) < 4.78 is 32.2. The first kappa shape index (κ1) is 24.9. The highest BCUT2D eigenvalue weighted by molar-refractivity contribution is 7.85. The molecule has 162 valence electrons. The van der Waals surface area contributed by atoms with Crippen molar-refractivity contribution in [2.24, 2.45) is 8.80 Å². The monoisotopic (exact) mass is 484 g/mol. The maximum Gasteiger partial charge on any atom is 0.144 e. The Morgan fingerprint density at radius 2 is 1.03 bits per heavy atom. The summed E-state index contributed by atoms with van der Waals surface area (Å²) in [6.07, 6.45) is 3.17. The summed E-state index contributed by atoms with van der Waals surface area (Å²) in [6, 6.07) is 10.7. The number of rotatable bonds is 5. The molecule has 0 aliphatic rings. The van der Waals surface area contributed by atoms with Crippen molar-refractivity contribution in [3.05, 3.63) is 57.6 Å². The molecule has 0 spiro atoms. The lowest BCUT2D eigenvalue weighted by molar-refractivity contribution is 0.650. The molecule has 2 aromatic rings. The van der Waals surface area contributed by atoms with E-state index >= 15 is 0 Å². The van der Waals surface area contributed by atoms with Gasteiger partial charge in [0.05, 0.1) is 9.49 Å². The van der Waals surface area contributed by atoms with Crippen molar-refractivity contribution >= 4 is 57.6 Å². The van der Waals surface area contributed by atoms with Gasteiger partial charge in [0, 0.05) is 33.6 Å². The Morgan fingerprint density at radius 1 is 0.700 bits per heavy atom. The molecule has 2 aromatic carbocycles. The highest BCUT2D eigenvalue weighted by atomic mass is 35.5. The van der Waals surface area contributed by atoms with Crippen molar-refractivity contribution in [3.63, 3.8) is 0 Å². The second-order valence-electron chi connectivity index (χ2n) is 8.66. The minimum Gasteiger partial charge on any atom is -0.234 e. The molecule has 2 rings (SSSR count). The first-order valence-corrected chi connectivity index (χ1v) is 12.3. The maximum atomic E-state index is 12.4. The van der Waals surface area contributed by atoms with Gasteiger partial charge >= 0.3 is 0 Å². The third-order valence-corrected chi connectivity index (χ3v) is 7.10. The van der Waals surface area contributed by atoms with Crippen LogP contribution in [0, 0.1) is 0 Å². The molecule has 0 saturated heterocycles. The average Bonchev–Trinajstić information content (AvgIpc) is 2.63. The highest BCUT2D eigenvalue weighted by Crippen LogP contribution is 2.31. The smallest absolute Gasteiger partial charge is 0.144 e. The van der Waals surface area contributed by atoms with Gasteiger partial charge in [-0.15, -0.1) is 0 Å². The molecule has 2 atom stereocenters. The van der Waals surface area contributed by atoms with Gasteiger partial charge in [0.2, 0.25) is 0 Å². The van der Waals surface area contributed by atoms with Crippen molar-refractivity contribution in [1.82, 2.24) is 0 Å². The zero-order chi connectivity index (χ0) is 22.7. The van der Waals surface area contributed by atoms with Crippen molar-refractivity contribution in [2.45, 2.75) is 51.0 Å². The van der Waals surface area contributed by atoms with Crippen LogP contribution in [0.1, 0.15) is 52.7 Å². The Labute approximate surface area is 194 Å². The van der Waals surface area contributed by atoms with E-state index in [1.54, 1.807) is 36.7 Å². The van der Waals surface area contributed by atoms with Crippen LogP contribution in [0.3, 0.4) is 0 Å². The van der Waals surface area contributed by atoms with Crippen molar-refractivity contribution in [2.75, 3.05) is 0 Å². The molecule has 0 fully saturated rings. The van der Waals surface area contributed by atoms with Crippen LogP contribution in [0.25, 0.3) is 11.1 Å². The quantitative estimate of drug-likeness (QED) is 0.459. The Kier molecular flexibility index (Phi) is 8.19. The van der Waals surface area contributed by atoms with E-state index in [9.17, 15) is 8.42 Å². The lowest BCUT2D eigenvalue weighted by Gasteiger charge is -2.15. The van der Waals surface area contributed by atoms with Crippen LogP contribution in [0.15, 0.2) is 45.2 Å². The molecular weight excluding hydrogens is 459 g/mol. The maximum absolute atomic E-state index is 12.4. The molecular formula is C22H26Cl2N2O2S2. The largest absolute Gasteiger partial charge is 0.234 e. The fraction of sp³-hybridized carbons (Fsp3) is 0.364. The number of halogens is 2.